The van der Waals surface area contributed by atoms with Crippen LogP contribution in [0.2, 0.25) is 0 Å². The summed E-state index contributed by atoms with van der Waals surface area (Å²) in [5.41, 5.74) is 0.0251. The third-order valence-electron chi connectivity index (χ3n) is 3.34. The summed E-state index contributed by atoms with van der Waals surface area (Å²) in [6, 6.07) is 0.478. The highest BCUT2D eigenvalue weighted by atomic mass is 16.5. The van der Waals surface area contributed by atoms with Gasteiger partial charge in [-0.3, -0.25) is 9.69 Å². The van der Waals surface area contributed by atoms with Gasteiger partial charge in [-0.05, 0) is 40.5 Å². The lowest BCUT2D eigenvalue weighted by molar-refractivity contribution is -0.138. The quantitative estimate of drug-likeness (QED) is 0.776. The molecule has 0 aromatic heterocycles. The molecule has 0 atom stereocenters. The lowest BCUT2D eigenvalue weighted by atomic mass is 9.84. The van der Waals surface area contributed by atoms with Gasteiger partial charge in [-0.25, -0.2) is 0 Å². The highest BCUT2D eigenvalue weighted by Crippen LogP contribution is 2.32. The highest BCUT2D eigenvalue weighted by Gasteiger charge is 2.38. The normalized spacial score (nSPS) is 24.8. The predicted molar refractivity (Wildman–Crippen MR) is 67.1 cm³/mol. The second kappa shape index (κ2) is 5.83. The Balaban J connectivity index is 2.46. The number of carboxylic acid groups (broad SMARTS) is 1. The molecule has 0 radical (unpaired) electrons. The summed E-state index contributed by atoms with van der Waals surface area (Å²) < 4.78 is 5.55. The van der Waals surface area contributed by atoms with E-state index in [0.29, 0.717) is 18.7 Å². The third-order valence-corrected chi connectivity index (χ3v) is 3.34. The Hall–Kier alpha value is -0.610. The van der Waals surface area contributed by atoms with Crippen LogP contribution in [0, 0.1) is 0 Å². The number of carbonyl (C=O) groups is 1. The topological polar surface area (TPSA) is 49.8 Å². The van der Waals surface area contributed by atoms with Gasteiger partial charge >= 0.3 is 5.97 Å². The van der Waals surface area contributed by atoms with Crippen molar-refractivity contribution in [1.29, 1.82) is 0 Å². The molecular formula is C13H25NO3. The molecule has 17 heavy (non-hydrogen) atoms. The molecule has 0 bridgehead atoms. The first-order chi connectivity index (χ1) is 7.84. The summed E-state index contributed by atoms with van der Waals surface area (Å²) in [5.74, 6) is -0.722. The van der Waals surface area contributed by atoms with E-state index in [1.807, 2.05) is 6.92 Å². The van der Waals surface area contributed by atoms with Crippen molar-refractivity contribution in [1.82, 2.24) is 4.90 Å². The van der Waals surface area contributed by atoms with Crippen LogP contribution in [0.4, 0.5) is 0 Å². The standard InChI is InChI=1S/C13H25NO3/c1-5-17-11-8-10(9-11)14(13(2,3)4)7-6-12(15)16/h10-11H,5-9H2,1-4H3,(H,15,16). The second-order valence-corrected chi connectivity index (χ2v) is 5.71. The van der Waals surface area contributed by atoms with Crippen LogP contribution in [0.5, 0.6) is 0 Å². The van der Waals surface area contributed by atoms with Gasteiger partial charge in [-0.1, -0.05) is 0 Å². The number of nitrogens with zero attached hydrogens (tertiary/aromatic N) is 1. The zero-order valence-corrected chi connectivity index (χ0v) is 11.4. The van der Waals surface area contributed by atoms with Crippen molar-refractivity contribution in [2.75, 3.05) is 13.2 Å². The third kappa shape index (κ3) is 4.28. The van der Waals surface area contributed by atoms with Gasteiger partial charge in [-0.2, -0.15) is 0 Å². The Morgan fingerprint density at radius 2 is 2.00 bits per heavy atom. The van der Waals surface area contributed by atoms with Gasteiger partial charge in [0, 0.05) is 24.7 Å². The van der Waals surface area contributed by atoms with E-state index in [4.69, 9.17) is 9.84 Å². The van der Waals surface area contributed by atoms with Gasteiger partial charge in [0.05, 0.1) is 12.5 Å². The van der Waals surface area contributed by atoms with E-state index >= 15 is 0 Å². The zero-order chi connectivity index (χ0) is 13.1. The summed E-state index contributed by atoms with van der Waals surface area (Å²) in [5, 5.41) is 8.79. The van der Waals surface area contributed by atoms with Crippen molar-refractivity contribution in [2.24, 2.45) is 0 Å². The van der Waals surface area contributed by atoms with E-state index in [2.05, 4.69) is 25.7 Å². The van der Waals surface area contributed by atoms with Crippen LogP contribution in [0.1, 0.15) is 47.0 Å². The monoisotopic (exact) mass is 243 g/mol. The molecule has 4 nitrogen and oxygen atoms in total. The van der Waals surface area contributed by atoms with Gasteiger partial charge < -0.3 is 9.84 Å². The van der Waals surface area contributed by atoms with E-state index in [-0.39, 0.29) is 12.0 Å². The average molecular weight is 243 g/mol. The number of hydrogen-bond donors (Lipinski definition) is 1. The molecule has 0 spiro atoms. The van der Waals surface area contributed by atoms with Crippen molar-refractivity contribution >= 4 is 5.97 Å². The first-order valence-electron chi connectivity index (χ1n) is 6.44. The maximum atomic E-state index is 10.7. The van der Waals surface area contributed by atoms with Crippen LogP contribution in [0.15, 0.2) is 0 Å². The van der Waals surface area contributed by atoms with E-state index in [1.165, 1.54) is 0 Å². The second-order valence-electron chi connectivity index (χ2n) is 5.71. The Bertz CT molecular complexity index is 254. The van der Waals surface area contributed by atoms with Crippen LogP contribution in [-0.4, -0.2) is 46.8 Å². The van der Waals surface area contributed by atoms with E-state index in [1.54, 1.807) is 0 Å². The van der Waals surface area contributed by atoms with Crippen LogP contribution in [0.25, 0.3) is 0 Å². The molecule has 1 aliphatic carbocycles. The molecule has 1 fully saturated rings. The number of aliphatic carboxylic acids is 1. The molecule has 0 aromatic rings. The average Bonchev–Trinajstić information content (AvgIpc) is 2.11. The van der Waals surface area contributed by atoms with E-state index < -0.39 is 5.97 Å². The molecular weight excluding hydrogens is 218 g/mol. The van der Waals surface area contributed by atoms with Crippen molar-refractivity contribution in [3.8, 4) is 0 Å². The van der Waals surface area contributed by atoms with E-state index in [9.17, 15) is 4.79 Å². The maximum Gasteiger partial charge on any atom is 0.304 e. The van der Waals surface area contributed by atoms with Crippen LogP contribution < -0.4 is 0 Å². The van der Waals surface area contributed by atoms with Gasteiger partial charge in [0.15, 0.2) is 0 Å². The lowest BCUT2D eigenvalue weighted by Crippen LogP contribution is -2.55. The molecule has 1 N–H and O–H groups in total. The number of carboxylic acids is 1. The van der Waals surface area contributed by atoms with Crippen LogP contribution in [0.3, 0.4) is 0 Å². The summed E-state index contributed by atoms with van der Waals surface area (Å²) in [6.45, 7) is 9.83. The summed E-state index contributed by atoms with van der Waals surface area (Å²) in [6.07, 6.45) is 2.65. The summed E-state index contributed by atoms with van der Waals surface area (Å²) in [4.78, 5) is 13.0. The minimum absolute atomic E-state index is 0.0251. The first kappa shape index (κ1) is 14.5. The predicted octanol–water partition coefficient (Wildman–Crippen LogP) is 2.13. The molecule has 0 saturated heterocycles. The van der Waals surface area contributed by atoms with Crippen molar-refractivity contribution in [3.05, 3.63) is 0 Å². The summed E-state index contributed by atoms with van der Waals surface area (Å²) in [7, 11) is 0. The molecule has 0 aromatic carbocycles. The SMILES string of the molecule is CCOC1CC(N(CCC(=O)O)C(C)(C)C)C1. The minimum atomic E-state index is -0.722. The molecule has 0 heterocycles. The Kier molecular flexibility index (Phi) is 4.95. The van der Waals surface area contributed by atoms with Crippen molar-refractivity contribution in [2.45, 2.75) is 64.6 Å². The first-order valence-corrected chi connectivity index (χ1v) is 6.44. The van der Waals surface area contributed by atoms with Gasteiger partial charge in [-0.15, -0.1) is 0 Å². The van der Waals surface area contributed by atoms with E-state index in [0.717, 1.165) is 19.4 Å². The largest absolute Gasteiger partial charge is 0.481 e. The fourth-order valence-electron chi connectivity index (χ4n) is 2.45. The Morgan fingerprint density at radius 3 is 2.41 bits per heavy atom. The minimum Gasteiger partial charge on any atom is -0.481 e. The number of rotatable bonds is 6. The fraction of sp³-hybridized carbons (Fsp3) is 0.923. The molecule has 1 rings (SSSR count). The summed E-state index contributed by atoms with van der Waals surface area (Å²) >= 11 is 0. The molecule has 4 heteroatoms. The van der Waals surface area contributed by atoms with Gasteiger partial charge in [0.25, 0.3) is 0 Å². The lowest BCUT2D eigenvalue weighted by Gasteiger charge is -2.48. The van der Waals surface area contributed by atoms with Gasteiger partial charge in [0.1, 0.15) is 0 Å². The van der Waals surface area contributed by atoms with Crippen molar-refractivity contribution < 1.29 is 14.6 Å². The number of ether oxygens (including phenoxy) is 1. The van der Waals surface area contributed by atoms with Crippen molar-refractivity contribution in [3.63, 3.8) is 0 Å². The Morgan fingerprint density at radius 1 is 1.41 bits per heavy atom. The molecule has 100 valence electrons. The fourth-order valence-corrected chi connectivity index (χ4v) is 2.45. The zero-order valence-electron chi connectivity index (χ0n) is 11.4. The Labute approximate surface area is 104 Å². The molecule has 0 amide bonds. The molecule has 0 aliphatic heterocycles. The number of hydrogen-bond acceptors (Lipinski definition) is 3. The highest BCUT2D eigenvalue weighted by molar-refractivity contribution is 5.66. The van der Waals surface area contributed by atoms with Crippen LogP contribution in [-0.2, 0) is 9.53 Å². The van der Waals surface area contributed by atoms with Gasteiger partial charge in [0.2, 0.25) is 0 Å². The molecule has 1 aliphatic rings. The smallest absolute Gasteiger partial charge is 0.304 e. The maximum absolute atomic E-state index is 10.7. The molecule has 1 saturated carbocycles. The van der Waals surface area contributed by atoms with Crippen LogP contribution >= 0.6 is 0 Å². The molecule has 0 unspecified atom stereocenters.